The van der Waals surface area contributed by atoms with E-state index in [0.717, 1.165) is 60.9 Å². The van der Waals surface area contributed by atoms with E-state index in [1.54, 1.807) is 0 Å². The monoisotopic (exact) mass is 786 g/mol. The Kier molecular flexibility index (Phi) is 7.73. The van der Waals surface area contributed by atoms with Gasteiger partial charge in [-0.05, 0) is 69.3 Å². The van der Waals surface area contributed by atoms with Crippen LogP contribution in [0.1, 0.15) is 0 Å². The van der Waals surface area contributed by atoms with Crippen molar-refractivity contribution < 1.29 is 4.42 Å². The summed E-state index contributed by atoms with van der Waals surface area (Å²) in [6, 6.07) is 72.6. The molecule has 0 fully saturated rings. The molecular formula is C52H34N6OSi. The van der Waals surface area contributed by atoms with Crippen molar-refractivity contribution in [3.05, 3.63) is 206 Å². The first-order valence-electron chi connectivity index (χ1n) is 20.1. The number of imidazole rings is 2. The third-order valence-electron chi connectivity index (χ3n) is 11.8. The van der Waals surface area contributed by atoms with Crippen LogP contribution in [0.5, 0.6) is 0 Å². The Morgan fingerprint density at radius 3 is 1.58 bits per heavy atom. The second-order valence-corrected chi connectivity index (χ2v) is 18.9. The molecule has 8 heteroatoms. The van der Waals surface area contributed by atoms with Crippen LogP contribution in [-0.4, -0.2) is 37.0 Å². The van der Waals surface area contributed by atoms with Crippen LogP contribution in [0, 0.1) is 0 Å². The van der Waals surface area contributed by atoms with Gasteiger partial charge >= 0.3 is 0 Å². The highest BCUT2D eigenvalue weighted by Crippen LogP contribution is 2.33. The molecule has 0 unspecified atom stereocenters. The lowest BCUT2D eigenvalue weighted by Crippen LogP contribution is -2.74. The molecule has 0 N–H and O–H groups in total. The fraction of sp³-hybridized carbons (Fsp3) is 0. The summed E-state index contributed by atoms with van der Waals surface area (Å²) in [5.74, 6) is 2.34. The largest absolute Gasteiger partial charge is 0.456 e. The van der Waals surface area contributed by atoms with Gasteiger partial charge < -0.3 is 4.42 Å². The van der Waals surface area contributed by atoms with Crippen molar-refractivity contribution in [1.29, 1.82) is 0 Å². The minimum absolute atomic E-state index is 0.485. The average molecular weight is 787 g/mol. The molecule has 0 amide bonds. The van der Waals surface area contributed by atoms with Crippen LogP contribution < -0.4 is 20.7 Å². The van der Waals surface area contributed by atoms with Crippen LogP contribution in [0.3, 0.4) is 0 Å². The van der Waals surface area contributed by atoms with Crippen LogP contribution in [-0.2, 0) is 0 Å². The second kappa shape index (κ2) is 13.6. The number of hydrogen-bond donors (Lipinski definition) is 0. The molecule has 0 bridgehead atoms. The maximum absolute atomic E-state index is 6.21. The highest BCUT2D eigenvalue weighted by atomic mass is 28.3. The predicted molar refractivity (Wildman–Crippen MR) is 245 cm³/mol. The van der Waals surface area contributed by atoms with Gasteiger partial charge in [0.1, 0.15) is 11.2 Å². The van der Waals surface area contributed by atoms with E-state index in [9.17, 15) is 0 Å². The Morgan fingerprint density at radius 2 is 0.900 bits per heavy atom. The summed E-state index contributed by atoms with van der Waals surface area (Å²) < 4.78 is 10.5. The van der Waals surface area contributed by atoms with Crippen molar-refractivity contribution in [3.63, 3.8) is 0 Å². The smallest absolute Gasteiger partial charge is 0.241 e. The first-order chi connectivity index (χ1) is 29.7. The molecule has 0 aliphatic heterocycles. The molecule has 4 aromatic heterocycles. The number of hydrogen-bond acceptors (Lipinski definition) is 5. The number of furan rings is 1. The van der Waals surface area contributed by atoms with Crippen LogP contribution >= 0.6 is 0 Å². The third-order valence-corrected chi connectivity index (χ3v) is 16.6. The number of rotatable bonds is 7. The van der Waals surface area contributed by atoms with Gasteiger partial charge in [0.15, 0.2) is 19.7 Å². The van der Waals surface area contributed by atoms with Gasteiger partial charge in [-0.25, -0.2) is 14.5 Å². The molecule has 60 heavy (non-hydrogen) atoms. The first kappa shape index (κ1) is 34.1. The van der Waals surface area contributed by atoms with E-state index in [0.29, 0.717) is 17.6 Å². The van der Waals surface area contributed by atoms with Crippen molar-refractivity contribution >= 4 is 78.6 Å². The van der Waals surface area contributed by atoms with E-state index in [-0.39, 0.29) is 0 Å². The number of benzene rings is 8. The van der Waals surface area contributed by atoms with E-state index in [1.165, 1.54) is 20.7 Å². The molecule has 8 aromatic carbocycles. The van der Waals surface area contributed by atoms with Crippen molar-refractivity contribution in [2.75, 3.05) is 0 Å². The zero-order valence-electron chi connectivity index (χ0n) is 32.2. The summed E-state index contributed by atoms with van der Waals surface area (Å²) in [5, 5.41) is 7.27. The van der Waals surface area contributed by atoms with Crippen molar-refractivity contribution in [2.45, 2.75) is 0 Å². The zero-order chi connectivity index (χ0) is 39.6. The molecule has 0 radical (unpaired) electrons. The molecule has 12 aromatic rings. The van der Waals surface area contributed by atoms with E-state index in [4.69, 9.17) is 24.4 Å². The van der Waals surface area contributed by atoms with Gasteiger partial charge in [-0.1, -0.05) is 158 Å². The lowest BCUT2D eigenvalue weighted by atomic mass is 10.1. The second-order valence-electron chi connectivity index (χ2n) is 15.1. The molecule has 0 spiro atoms. The minimum Gasteiger partial charge on any atom is -0.456 e. The maximum Gasteiger partial charge on any atom is 0.241 e. The SMILES string of the molecule is c1ccc([Si](c2ccccc2)(c2ccccc2)c2ccc(-c3nc(-c4ccc5oc6ccccc6c5c4)nc(-n4c5ccccc5n5c6ccccc6nc45)n3)cc2)cc1. The van der Waals surface area contributed by atoms with Gasteiger partial charge in [-0.2, -0.15) is 9.97 Å². The van der Waals surface area contributed by atoms with Crippen LogP contribution in [0.15, 0.2) is 211 Å². The third kappa shape index (κ3) is 5.21. The Hall–Kier alpha value is -7.94. The standard InChI is InChI=1S/C52H34N6OSi/c1-4-16-37(17-5-1)60(38-18-6-2-7-19-38,39-20-8-3-9-21-39)40-31-28-35(29-32-40)49-54-50(36-30-33-48-42(34-36)41-22-10-15-27-47(41)59-48)56-51(55-49)58-46-26-14-13-25-45(46)57-44-24-12-11-23-43(44)53-52(57)58/h1-34H. The average Bonchev–Trinajstić information content (AvgIpc) is 3.99. The highest BCUT2D eigenvalue weighted by molar-refractivity contribution is 7.19. The molecule has 7 nitrogen and oxygen atoms in total. The molecule has 0 aliphatic carbocycles. The lowest BCUT2D eigenvalue weighted by molar-refractivity contribution is 0.669. The lowest BCUT2D eigenvalue weighted by Gasteiger charge is -2.34. The number of fused-ring (bicyclic) bond motifs is 8. The van der Waals surface area contributed by atoms with Gasteiger partial charge in [0.25, 0.3) is 0 Å². The molecule has 0 aliphatic rings. The van der Waals surface area contributed by atoms with Crippen molar-refractivity contribution in [1.82, 2.24) is 28.9 Å². The summed E-state index contributed by atoms with van der Waals surface area (Å²) in [5.41, 5.74) is 7.29. The zero-order valence-corrected chi connectivity index (χ0v) is 33.2. The van der Waals surface area contributed by atoms with Gasteiger partial charge in [-0.3, -0.25) is 4.40 Å². The summed E-state index contributed by atoms with van der Waals surface area (Å²) >= 11 is 0. The summed E-state index contributed by atoms with van der Waals surface area (Å²) in [6.07, 6.45) is 0. The van der Waals surface area contributed by atoms with E-state index in [1.807, 2.05) is 54.6 Å². The summed E-state index contributed by atoms with van der Waals surface area (Å²) in [6.45, 7) is 0. The maximum atomic E-state index is 6.21. The van der Waals surface area contributed by atoms with Crippen LogP contribution in [0.25, 0.3) is 78.5 Å². The Bertz CT molecular complexity index is 3450. The van der Waals surface area contributed by atoms with Crippen LogP contribution in [0.2, 0.25) is 0 Å². The normalized spacial score (nSPS) is 12.0. The molecule has 282 valence electrons. The molecule has 4 heterocycles. The van der Waals surface area contributed by atoms with Gasteiger partial charge in [0.2, 0.25) is 11.7 Å². The number of aromatic nitrogens is 6. The Balaban J connectivity index is 1.09. The number of nitrogens with zero attached hydrogens (tertiary/aromatic N) is 6. The van der Waals surface area contributed by atoms with Gasteiger partial charge in [0.05, 0.1) is 22.1 Å². The first-order valence-corrected chi connectivity index (χ1v) is 22.1. The minimum atomic E-state index is -2.74. The topological polar surface area (TPSA) is 74.0 Å². The van der Waals surface area contributed by atoms with Gasteiger partial charge in [-0.15, -0.1) is 0 Å². The fourth-order valence-electron chi connectivity index (χ4n) is 9.07. The fourth-order valence-corrected chi connectivity index (χ4v) is 13.8. The number of para-hydroxylation sites is 5. The summed E-state index contributed by atoms with van der Waals surface area (Å²) in [4.78, 5) is 20.9. The van der Waals surface area contributed by atoms with Crippen molar-refractivity contribution in [3.8, 4) is 28.7 Å². The van der Waals surface area contributed by atoms with E-state index >= 15 is 0 Å². The Morgan fingerprint density at radius 1 is 0.383 bits per heavy atom. The molecule has 0 atom stereocenters. The molecule has 12 rings (SSSR count). The van der Waals surface area contributed by atoms with Crippen molar-refractivity contribution in [2.24, 2.45) is 0 Å². The van der Waals surface area contributed by atoms with Crippen LogP contribution in [0.4, 0.5) is 0 Å². The molecular weight excluding hydrogens is 753 g/mol. The Labute approximate surface area is 345 Å². The van der Waals surface area contributed by atoms with E-state index < -0.39 is 8.07 Å². The summed E-state index contributed by atoms with van der Waals surface area (Å²) in [7, 11) is -2.74. The van der Waals surface area contributed by atoms with Gasteiger partial charge in [0, 0.05) is 21.9 Å². The molecule has 0 saturated heterocycles. The molecule has 0 saturated carbocycles. The van der Waals surface area contributed by atoms with E-state index in [2.05, 4.69) is 161 Å². The highest BCUT2D eigenvalue weighted by Gasteiger charge is 2.41. The predicted octanol–water partition coefficient (Wildman–Crippen LogP) is 9.23. The quantitative estimate of drug-likeness (QED) is 0.119.